The molecule has 1 aliphatic heterocycles. The molecule has 4 rings (SSSR count). The van der Waals surface area contributed by atoms with Gasteiger partial charge >= 0.3 is 0 Å². The Morgan fingerprint density at radius 1 is 1.19 bits per heavy atom. The van der Waals surface area contributed by atoms with Gasteiger partial charge in [0.15, 0.2) is 0 Å². The van der Waals surface area contributed by atoms with E-state index in [1.807, 2.05) is 54.7 Å². The predicted molar refractivity (Wildman–Crippen MR) is 110 cm³/mol. The molecule has 0 atom stereocenters. The van der Waals surface area contributed by atoms with Crippen LogP contribution in [0.15, 0.2) is 59.6 Å². The zero-order valence-corrected chi connectivity index (χ0v) is 15.5. The summed E-state index contributed by atoms with van der Waals surface area (Å²) in [7, 11) is 1.64. The fourth-order valence-electron chi connectivity index (χ4n) is 2.83. The van der Waals surface area contributed by atoms with Gasteiger partial charge in [0.05, 0.1) is 17.5 Å². The van der Waals surface area contributed by atoms with E-state index in [2.05, 4.69) is 16.4 Å². The summed E-state index contributed by atoms with van der Waals surface area (Å²) in [5, 5.41) is 3.69. The molecule has 0 radical (unpaired) electrons. The van der Waals surface area contributed by atoms with Crippen molar-refractivity contribution in [2.75, 3.05) is 7.11 Å². The SMILES string of the molecule is COc1ccc(/C=C2\SC(=S)NC2=O)cc1-c1cnc2ccccc2c1. The lowest BCUT2D eigenvalue weighted by molar-refractivity contribution is -0.115. The number of ether oxygens (including phenoxy) is 1. The Morgan fingerprint density at radius 3 is 2.81 bits per heavy atom. The Labute approximate surface area is 160 Å². The standard InChI is InChI=1S/C20H14N2O2S2/c1-24-17-7-6-12(9-18-19(23)22-20(25)26-18)8-15(17)14-10-13-4-2-3-5-16(13)21-11-14/h2-11H,1H3,(H,22,23,25)/b18-9-. The van der Waals surface area contributed by atoms with Gasteiger partial charge in [-0.3, -0.25) is 9.78 Å². The number of nitrogens with one attached hydrogen (secondary N) is 1. The third kappa shape index (κ3) is 3.21. The zero-order chi connectivity index (χ0) is 18.1. The number of thiocarbonyl (C=S) groups is 1. The summed E-state index contributed by atoms with van der Waals surface area (Å²) < 4.78 is 6.00. The minimum Gasteiger partial charge on any atom is -0.496 e. The predicted octanol–water partition coefficient (Wildman–Crippen LogP) is 4.40. The Kier molecular flexibility index (Phi) is 4.44. The normalized spacial score (nSPS) is 15.5. The van der Waals surface area contributed by atoms with Crippen LogP contribution in [-0.4, -0.2) is 22.3 Å². The van der Waals surface area contributed by atoms with Crippen LogP contribution in [0.25, 0.3) is 28.1 Å². The van der Waals surface area contributed by atoms with Crippen LogP contribution in [0.1, 0.15) is 5.56 Å². The van der Waals surface area contributed by atoms with Gasteiger partial charge in [-0.2, -0.15) is 0 Å². The third-order valence-corrected chi connectivity index (χ3v) is 5.23. The van der Waals surface area contributed by atoms with Gasteiger partial charge in [-0.15, -0.1) is 0 Å². The van der Waals surface area contributed by atoms with Crippen molar-refractivity contribution in [2.45, 2.75) is 0 Å². The maximum Gasteiger partial charge on any atom is 0.263 e. The largest absolute Gasteiger partial charge is 0.496 e. The lowest BCUT2D eigenvalue weighted by atomic mass is 10.0. The van der Waals surface area contributed by atoms with Gasteiger partial charge in [0.25, 0.3) is 5.91 Å². The van der Waals surface area contributed by atoms with E-state index in [4.69, 9.17) is 17.0 Å². The smallest absolute Gasteiger partial charge is 0.263 e. The molecule has 128 valence electrons. The van der Waals surface area contributed by atoms with Gasteiger partial charge in [0, 0.05) is 22.7 Å². The summed E-state index contributed by atoms with van der Waals surface area (Å²) in [6.45, 7) is 0. The maximum absolute atomic E-state index is 11.9. The van der Waals surface area contributed by atoms with E-state index in [1.54, 1.807) is 7.11 Å². The number of pyridine rings is 1. The molecule has 1 aliphatic rings. The van der Waals surface area contributed by atoms with E-state index in [-0.39, 0.29) is 5.91 Å². The Morgan fingerprint density at radius 2 is 2.04 bits per heavy atom. The van der Waals surface area contributed by atoms with Crippen molar-refractivity contribution >= 4 is 51.2 Å². The first-order chi connectivity index (χ1) is 12.6. The van der Waals surface area contributed by atoms with E-state index >= 15 is 0 Å². The van der Waals surface area contributed by atoms with Crippen molar-refractivity contribution in [2.24, 2.45) is 0 Å². The number of para-hydroxylation sites is 1. The Hall–Kier alpha value is -2.70. The van der Waals surface area contributed by atoms with Gasteiger partial charge in [-0.1, -0.05) is 48.2 Å². The molecule has 26 heavy (non-hydrogen) atoms. The molecular weight excluding hydrogens is 364 g/mol. The number of benzene rings is 2. The van der Waals surface area contributed by atoms with Crippen molar-refractivity contribution in [3.8, 4) is 16.9 Å². The zero-order valence-electron chi connectivity index (χ0n) is 13.9. The molecule has 1 fully saturated rings. The highest BCUT2D eigenvalue weighted by atomic mass is 32.2. The molecule has 1 N–H and O–H groups in total. The number of nitrogens with zero attached hydrogens (tertiary/aromatic N) is 1. The average Bonchev–Trinajstić information content (AvgIpc) is 2.98. The summed E-state index contributed by atoms with van der Waals surface area (Å²) in [6, 6.07) is 15.9. The minimum absolute atomic E-state index is 0.162. The summed E-state index contributed by atoms with van der Waals surface area (Å²) in [5.74, 6) is 0.591. The molecule has 0 bridgehead atoms. The summed E-state index contributed by atoms with van der Waals surface area (Å²) in [4.78, 5) is 17.0. The van der Waals surface area contributed by atoms with Gasteiger partial charge in [0.2, 0.25) is 0 Å². The van der Waals surface area contributed by atoms with Crippen molar-refractivity contribution in [1.29, 1.82) is 0 Å². The molecular formula is C20H14N2O2S2. The number of carbonyl (C=O) groups is 1. The van der Waals surface area contributed by atoms with Crippen LogP contribution in [0.5, 0.6) is 5.75 Å². The second-order valence-corrected chi connectivity index (χ2v) is 7.45. The van der Waals surface area contributed by atoms with Crippen LogP contribution in [0, 0.1) is 0 Å². The molecule has 0 unspecified atom stereocenters. The lowest BCUT2D eigenvalue weighted by Gasteiger charge is -2.10. The number of hydrogen-bond acceptors (Lipinski definition) is 5. The van der Waals surface area contributed by atoms with Gasteiger partial charge in [-0.05, 0) is 35.9 Å². The van der Waals surface area contributed by atoms with Gasteiger partial charge in [-0.25, -0.2) is 0 Å². The molecule has 6 heteroatoms. The van der Waals surface area contributed by atoms with Crippen LogP contribution in [-0.2, 0) is 4.79 Å². The molecule has 0 spiro atoms. The van der Waals surface area contributed by atoms with E-state index in [0.29, 0.717) is 9.23 Å². The topological polar surface area (TPSA) is 51.2 Å². The molecule has 1 aromatic heterocycles. The highest BCUT2D eigenvalue weighted by molar-refractivity contribution is 8.26. The van der Waals surface area contributed by atoms with E-state index < -0.39 is 0 Å². The summed E-state index contributed by atoms with van der Waals surface area (Å²) in [5.41, 5.74) is 3.73. The van der Waals surface area contributed by atoms with Crippen LogP contribution >= 0.6 is 24.0 Å². The minimum atomic E-state index is -0.162. The van der Waals surface area contributed by atoms with Crippen molar-refractivity contribution < 1.29 is 9.53 Å². The molecule has 1 saturated heterocycles. The van der Waals surface area contributed by atoms with Crippen LogP contribution in [0.2, 0.25) is 0 Å². The average molecular weight is 378 g/mol. The van der Waals surface area contributed by atoms with Crippen molar-refractivity contribution in [3.63, 3.8) is 0 Å². The monoisotopic (exact) mass is 378 g/mol. The first kappa shape index (κ1) is 16.8. The first-order valence-electron chi connectivity index (χ1n) is 7.92. The molecule has 0 saturated carbocycles. The summed E-state index contributed by atoms with van der Waals surface area (Å²) >= 11 is 6.31. The van der Waals surface area contributed by atoms with Crippen LogP contribution < -0.4 is 10.1 Å². The molecule has 0 aliphatic carbocycles. The number of rotatable bonds is 3. The maximum atomic E-state index is 11.9. The first-order valence-corrected chi connectivity index (χ1v) is 9.14. The second kappa shape index (κ2) is 6.90. The lowest BCUT2D eigenvalue weighted by Crippen LogP contribution is -2.17. The van der Waals surface area contributed by atoms with Crippen LogP contribution in [0.4, 0.5) is 0 Å². The number of hydrogen-bond donors (Lipinski definition) is 1. The molecule has 2 heterocycles. The molecule has 4 nitrogen and oxygen atoms in total. The van der Waals surface area contributed by atoms with Crippen LogP contribution in [0.3, 0.4) is 0 Å². The van der Waals surface area contributed by atoms with E-state index in [9.17, 15) is 4.79 Å². The number of methoxy groups -OCH3 is 1. The van der Waals surface area contributed by atoms with E-state index in [0.717, 1.165) is 33.3 Å². The van der Waals surface area contributed by atoms with Gasteiger partial charge < -0.3 is 10.1 Å². The van der Waals surface area contributed by atoms with E-state index in [1.165, 1.54) is 11.8 Å². The van der Waals surface area contributed by atoms with Crippen molar-refractivity contribution in [1.82, 2.24) is 10.3 Å². The molecule has 3 aromatic rings. The Balaban J connectivity index is 1.80. The third-order valence-electron chi connectivity index (χ3n) is 4.06. The summed E-state index contributed by atoms with van der Waals surface area (Å²) in [6.07, 6.45) is 3.67. The molecule has 1 amide bonds. The quantitative estimate of drug-likeness (QED) is 0.541. The highest BCUT2D eigenvalue weighted by Crippen LogP contribution is 2.34. The second-order valence-electron chi connectivity index (χ2n) is 5.73. The fourth-order valence-corrected chi connectivity index (χ4v) is 3.88. The number of carbonyl (C=O) groups excluding carboxylic acids is 1. The number of fused-ring (bicyclic) bond motifs is 1. The number of aromatic nitrogens is 1. The van der Waals surface area contributed by atoms with Gasteiger partial charge in [0.1, 0.15) is 10.1 Å². The Bertz CT molecular complexity index is 1080. The number of thioether (sulfide) groups is 1. The van der Waals surface area contributed by atoms with Crippen molar-refractivity contribution in [3.05, 3.63) is 65.2 Å². The molecule has 2 aromatic carbocycles. The highest BCUT2D eigenvalue weighted by Gasteiger charge is 2.22. The fraction of sp³-hybridized carbons (Fsp3) is 0.0500. The number of amides is 1.